The molecule has 0 spiro atoms. The SMILES string of the molecule is COCNC(=O)Nc1nc2ccc(C)cc2s1. The fourth-order valence-corrected chi connectivity index (χ4v) is 2.32. The van der Waals surface area contributed by atoms with E-state index in [0.29, 0.717) is 5.13 Å². The van der Waals surface area contributed by atoms with Gasteiger partial charge in [0.1, 0.15) is 6.73 Å². The van der Waals surface area contributed by atoms with Crippen LogP contribution in [0.25, 0.3) is 10.2 Å². The molecule has 2 N–H and O–H groups in total. The minimum atomic E-state index is -0.317. The summed E-state index contributed by atoms with van der Waals surface area (Å²) in [6, 6.07) is 5.67. The maximum atomic E-state index is 11.4. The number of anilines is 1. The van der Waals surface area contributed by atoms with E-state index in [1.54, 1.807) is 0 Å². The summed E-state index contributed by atoms with van der Waals surface area (Å²) in [5, 5.41) is 5.78. The van der Waals surface area contributed by atoms with E-state index in [1.807, 2.05) is 25.1 Å². The van der Waals surface area contributed by atoms with Crippen molar-refractivity contribution in [3.63, 3.8) is 0 Å². The number of ether oxygens (including phenoxy) is 1. The van der Waals surface area contributed by atoms with E-state index in [1.165, 1.54) is 24.0 Å². The van der Waals surface area contributed by atoms with Crippen molar-refractivity contribution in [1.82, 2.24) is 10.3 Å². The number of methoxy groups -OCH3 is 1. The van der Waals surface area contributed by atoms with E-state index >= 15 is 0 Å². The molecule has 0 saturated heterocycles. The normalized spacial score (nSPS) is 10.5. The van der Waals surface area contributed by atoms with Crippen LogP contribution >= 0.6 is 11.3 Å². The molecule has 1 aromatic heterocycles. The molecule has 6 heteroatoms. The van der Waals surface area contributed by atoms with Gasteiger partial charge in [-0.2, -0.15) is 0 Å². The first-order chi connectivity index (χ1) is 8.19. The van der Waals surface area contributed by atoms with Gasteiger partial charge in [0.2, 0.25) is 0 Å². The maximum Gasteiger partial charge on any atom is 0.322 e. The second-order valence-corrected chi connectivity index (χ2v) is 4.58. The highest BCUT2D eigenvalue weighted by atomic mass is 32.1. The number of benzene rings is 1. The van der Waals surface area contributed by atoms with Crippen molar-refractivity contribution in [2.24, 2.45) is 0 Å². The van der Waals surface area contributed by atoms with Crippen LogP contribution in [0.15, 0.2) is 18.2 Å². The van der Waals surface area contributed by atoms with Crippen molar-refractivity contribution >= 4 is 32.7 Å². The summed E-state index contributed by atoms with van der Waals surface area (Å²) >= 11 is 1.45. The average Bonchev–Trinajstić information content (AvgIpc) is 2.67. The number of aromatic nitrogens is 1. The Labute approximate surface area is 103 Å². The van der Waals surface area contributed by atoms with Gasteiger partial charge in [0.15, 0.2) is 5.13 Å². The smallest absolute Gasteiger partial charge is 0.322 e. The summed E-state index contributed by atoms with van der Waals surface area (Å²) < 4.78 is 5.80. The lowest BCUT2D eigenvalue weighted by Crippen LogP contribution is -2.30. The number of nitrogens with zero attached hydrogens (tertiary/aromatic N) is 1. The highest BCUT2D eigenvalue weighted by molar-refractivity contribution is 7.22. The quantitative estimate of drug-likeness (QED) is 0.823. The first-order valence-electron chi connectivity index (χ1n) is 5.10. The van der Waals surface area contributed by atoms with Crippen LogP contribution in [0.2, 0.25) is 0 Å². The zero-order valence-corrected chi connectivity index (χ0v) is 10.4. The standard InChI is InChI=1S/C11H13N3O2S/c1-7-3-4-8-9(5-7)17-11(13-8)14-10(15)12-6-16-2/h3-5H,6H2,1-2H3,(H2,12,13,14,15). The van der Waals surface area contributed by atoms with Crippen LogP contribution in [0.1, 0.15) is 5.56 Å². The number of amides is 2. The summed E-state index contributed by atoms with van der Waals surface area (Å²) in [6.45, 7) is 2.20. The molecule has 5 nitrogen and oxygen atoms in total. The maximum absolute atomic E-state index is 11.4. The number of carbonyl (C=O) groups excluding carboxylic acids is 1. The largest absolute Gasteiger partial charge is 0.364 e. The molecule has 1 heterocycles. The molecule has 0 aliphatic carbocycles. The third kappa shape index (κ3) is 2.92. The van der Waals surface area contributed by atoms with Gasteiger partial charge >= 0.3 is 6.03 Å². The van der Waals surface area contributed by atoms with Crippen molar-refractivity contribution in [2.45, 2.75) is 6.92 Å². The Morgan fingerprint density at radius 3 is 3.12 bits per heavy atom. The van der Waals surface area contributed by atoms with Crippen molar-refractivity contribution in [2.75, 3.05) is 19.2 Å². The second-order valence-electron chi connectivity index (χ2n) is 3.55. The Morgan fingerprint density at radius 1 is 1.53 bits per heavy atom. The van der Waals surface area contributed by atoms with Crippen LogP contribution < -0.4 is 10.6 Å². The number of thiazole rings is 1. The Kier molecular flexibility index (Phi) is 3.55. The molecule has 0 saturated carbocycles. The van der Waals surface area contributed by atoms with E-state index in [4.69, 9.17) is 4.74 Å². The molecular formula is C11H13N3O2S. The summed E-state index contributed by atoms with van der Waals surface area (Å²) in [4.78, 5) is 15.7. The van der Waals surface area contributed by atoms with Crippen LogP contribution in [0.3, 0.4) is 0 Å². The number of urea groups is 1. The average molecular weight is 251 g/mol. The van der Waals surface area contributed by atoms with Gasteiger partial charge in [-0.1, -0.05) is 17.4 Å². The lowest BCUT2D eigenvalue weighted by molar-refractivity contribution is 0.177. The minimum absolute atomic E-state index is 0.176. The number of hydrogen-bond acceptors (Lipinski definition) is 4. The molecular weight excluding hydrogens is 238 g/mol. The lowest BCUT2D eigenvalue weighted by Gasteiger charge is -2.02. The second kappa shape index (κ2) is 5.11. The van der Waals surface area contributed by atoms with Gasteiger partial charge < -0.3 is 10.1 Å². The van der Waals surface area contributed by atoms with E-state index in [2.05, 4.69) is 15.6 Å². The predicted octanol–water partition coefficient (Wildman–Crippen LogP) is 2.33. The van der Waals surface area contributed by atoms with Crippen molar-refractivity contribution < 1.29 is 9.53 Å². The van der Waals surface area contributed by atoms with E-state index in [9.17, 15) is 4.79 Å². The molecule has 2 amide bonds. The number of rotatable bonds is 3. The minimum Gasteiger partial charge on any atom is -0.364 e. The topological polar surface area (TPSA) is 63.2 Å². The Balaban J connectivity index is 2.11. The van der Waals surface area contributed by atoms with E-state index in [0.717, 1.165) is 10.2 Å². The van der Waals surface area contributed by atoms with Crippen molar-refractivity contribution in [3.05, 3.63) is 23.8 Å². The Bertz CT molecular complexity index is 538. The monoisotopic (exact) mass is 251 g/mol. The van der Waals surface area contributed by atoms with Gasteiger partial charge in [-0.3, -0.25) is 5.32 Å². The van der Waals surface area contributed by atoms with Crippen LogP contribution in [0, 0.1) is 6.92 Å². The predicted molar refractivity (Wildman–Crippen MR) is 68.4 cm³/mol. The van der Waals surface area contributed by atoms with Gasteiger partial charge in [0.25, 0.3) is 0 Å². The third-order valence-corrected chi connectivity index (χ3v) is 3.08. The van der Waals surface area contributed by atoms with Crippen LogP contribution in [-0.4, -0.2) is 24.9 Å². The van der Waals surface area contributed by atoms with Crippen LogP contribution in [0.4, 0.5) is 9.93 Å². The zero-order valence-electron chi connectivity index (χ0n) is 9.61. The highest BCUT2D eigenvalue weighted by Gasteiger charge is 2.06. The number of nitrogens with one attached hydrogen (secondary N) is 2. The van der Waals surface area contributed by atoms with Gasteiger partial charge in [-0.05, 0) is 24.6 Å². The van der Waals surface area contributed by atoms with Crippen molar-refractivity contribution in [3.8, 4) is 0 Å². The third-order valence-electron chi connectivity index (χ3n) is 2.14. The lowest BCUT2D eigenvalue weighted by atomic mass is 10.2. The van der Waals surface area contributed by atoms with Crippen LogP contribution in [-0.2, 0) is 4.74 Å². The number of carbonyl (C=O) groups is 1. The molecule has 2 rings (SSSR count). The molecule has 0 aliphatic heterocycles. The molecule has 0 unspecified atom stereocenters. The summed E-state index contributed by atoms with van der Waals surface area (Å²) in [7, 11) is 1.51. The van der Waals surface area contributed by atoms with Crippen molar-refractivity contribution in [1.29, 1.82) is 0 Å². The summed E-state index contributed by atoms with van der Waals surface area (Å²) in [6.07, 6.45) is 0. The molecule has 0 atom stereocenters. The molecule has 0 bridgehead atoms. The first kappa shape index (κ1) is 11.8. The Morgan fingerprint density at radius 2 is 2.35 bits per heavy atom. The van der Waals surface area contributed by atoms with E-state index < -0.39 is 0 Å². The molecule has 2 aromatic rings. The van der Waals surface area contributed by atoms with Crippen LogP contribution in [0.5, 0.6) is 0 Å². The fourth-order valence-electron chi connectivity index (χ4n) is 1.36. The molecule has 0 aliphatic rings. The zero-order chi connectivity index (χ0) is 12.3. The first-order valence-corrected chi connectivity index (χ1v) is 5.91. The van der Waals surface area contributed by atoms with Gasteiger partial charge in [0, 0.05) is 7.11 Å². The van der Waals surface area contributed by atoms with Gasteiger partial charge in [-0.15, -0.1) is 0 Å². The number of fused-ring (bicyclic) bond motifs is 1. The molecule has 90 valence electrons. The van der Waals surface area contributed by atoms with Gasteiger partial charge in [0.05, 0.1) is 10.2 Å². The summed E-state index contributed by atoms with van der Waals surface area (Å²) in [5.74, 6) is 0. The highest BCUT2D eigenvalue weighted by Crippen LogP contribution is 2.26. The number of hydrogen-bond donors (Lipinski definition) is 2. The van der Waals surface area contributed by atoms with E-state index in [-0.39, 0.29) is 12.8 Å². The molecule has 17 heavy (non-hydrogen) atoms. The van der Waals surface area contributed by atoms with Gasteiger partial charge in [-0.25, -0.2) is 9.78 Å². The summed E-state index contributed by atoms with van der Waals surface area (Å²) in [5.41, 5.74) is 2.07. The number of aryl methyl sites for hydroxylation is 1. The molecule has 0 fully saturated rings. The molecule has 1 aromatic carbocycles. The Hall–Kier alpha value is -1.66. The fraction of sp³-hybridized carbons (Fsp3) is 0.273. The molecule has 0 radical (unpaired) electrons.